The molecular weight excluding hydrogens is 468 g/mol. The van der Waals surface area contributed by atoms with Crippen LogP contribution in [0.15, 0.2) is 72.6 Å². The van der Waals surface area contributed by atoms with Gasteiger partial charge in [0.05, 0.1) is 25.3 Å². The highest BCUT2D eigenvalue weighted by atomic mass is 35.5. The first-order valence-corrected chi connectivity index (χ1v) is 11.6. The summed E-state index contributed by atoms with van der Waals surface area (Å²) in [6, 6.07) is 14.4. The van der Waals surface area contributed by atoms with Gasteiger partial charge >= 0.3 is 0 Å². The van der Waals surface area contributed by atoms with Crippen molar-refractivity contribution >= 4 is 29.1 Å². The monoisotopic (exact) mass is 492 g/mol. The molecule has 0 bridgehead atoms. The maximum absolute atomic E-state index is 13.2. The zero-order chi connectivity index (χ0) is 24.9. The minimum absolute atomic E-state index is 0.00880. The molecule has 1 amide bonds. The van der Waals surface area contributed by atoms with Crippen molar-refractivity contribution in [2.75, 3.05) is 13.7 Å². The number of carbonyl (C=O) groups excluding carboxylic acids is 2. The molecule has 3 aromatic rings. The Morgan fingerprint density at radius 2 is 1.89 bits per heavy atom. The number of hydrogen-bond donors (Lipinski definition) is 1. The lowest BCUT2D eigenvalue weighted by molar-refractivity contribution is -0.140. The second-order valence-electron chi connectivity index (χ2n) is 8.05. The second-order valence-corrected chi connectivity index (χ2v) is 8.49. The van der Waals surface area contributed by atoms with Crippen molar-refractivity contribution in [2.45, 2.75) is 25.9 Å². The van der Waals surface area contributed by atoms with E-state index in [0.717, 1.165) is 12.0 Å². The molecule has 1 aliphatic heterocycles. The SMILES string of the molecule is CCCOc1ccc([C@H]2C(=C(O)c3ccc(Cl)cc3)C(=O)C(=O)N2Cc2cccnc2)cc1OC. The average Bonchev–Trinajstić information content (AvgIpc) is 3.13. The number of likely N-dealkylation sites (tertiary alicyclic amines) is 1. The van der Waals surface area contributed by atoms with Gasteiger partial charge in [-0.05, 0) is 60.0 Å². The van der Waals surface area contributed by atoms with Crippen LogP contribution in [0.3, 0.4) is 0 Å². The first kappa shape index (κ1) is 24.3. The average molecular weight is 493 g/mol. The van der Waals surface area contributed by atoms with E-state index < -0.39 is 17.7 Å². The number of hydrogen-bond acceptors (Lipinski definition) is 6. The summed E-state index contributed by atoms with van der Waals surface area (Å²) in [5.74, 6) is -0.727. The van der Waals surface area contributed by atoms with Crippen LogP contribution in [-0.4, -0.2) is 40.4 Å². The van der Waals surface area contributed by atoms with Crippen molar-refractivity contribution < 1.29 is 24.2 Å². The van der Waals surface area contributed by atoms with Gasteiger partial charge in [0.15, 0.2) is 11.5 Å². The summed E-state index contributed by atoms with van der Waals surface area (Å²) < 4.78 is 11.3. The number of methoxy groups -OCH3 is 1. The van der Waals surface area contributed by atoms with Gasteiger partial charge in [-0.15, -0.1) is 0 Å². The lowest BCUT2D eigenvalue weighted by Crippen LogP contribution is -2.29. The summed E-state index contributed by atoms with van der Waals surface area (Å²) in [6.45, 7) is 2.66. The number of rotatable bonds is 8. The molecule has 0 radical (unpaired) electrons. The molecule has 1 aromatic heterocycles. The first-order valence-electron chi connectivity index (χ1n) is 11.2. The Morgan fingerprint density at radius 3 is 2.54 bits per heavy atom. The van der Waals surface area contributed by atoms with Crippen LogP contribution in [0.4, 0.5) is 0 Å². The van der Waals surface area contributed by atoms with Crippen molar-refractivity contribution in [3.8, 4) is 11.5 Å². The fourth-order valence-corrected chi connectivity index (χ4v) is 4.15. The number of aliphatic hydroxyl groups is 1. The Kier molecular flexibility index (Phi) is 7.36. The maximum atomic E-state index is 13.2. The lowest BCUT2D eigenvalue weighted by atomic mass is 9.95. The molecule has 0 saturated carbocycles. The molecule has 8 heteroatoms. The topological polar surface area (TPSA) is 89.0 Å². The van der Waals surface area contributed by atoms with E-state index in [2.05, 4.69) is 4.98 Å². The maximum Gasteiger partial charge on any atom is 0.295 e. The summed E-state index contributed by atoms with van der Waals surface area (Å²) in [5, 5.41) is 11.7. The Balaban J connectivity index is 1.85. The summed E-state index contributed by atoms with van der Waals surface area (Å²) in [6.07, 6.45) is 4.10. The summed E-state index contributed by atoms with van der Waals surface area (Å²) in [7, 11) is 1.53. The van der Waals surface area contributed by atoms with Crippen molar-refractivity contribution in [3.05, 3.63) is 94.3 Å². The molecular formula is C27H25ClN2O5. The highest BCUT2D eigenvalue weighted by Crippen LogP contribution is 2.42. The van der Waals surface area contributed by atoms with E-state index in [4.69, 9.17) is 21.1 Å². The molecule has 180 valence electrons. The van der Waals surface area contributed by atoms with E-state index >= 15 is 0 Å². The van der Waals surface area contributed by atoms with E-state index in [1.165, 1.54) is 12.0 Å². The number of aliphatic hydroxyl groups excluding tert-OH is 1. The summed E-state index contributed by atoms with van der Waals surface area (Å²) >= 11 is 5.99. The molecule has 2 heterocycles. The molecule has 2 aromatic carbocycles. The highest BCUT2D eigenvalue weighted by molar-refractivity contribution is 6.46. The molecule has 1 atom stereocenters. The van der Waals surface area contributed by atoms with Crippen LogP contribution in [-0.2, 0) is 16.1 Å². The predicted octanol–water partition coefficient (Wildman–Crippen LogP) is 5.15. The van der Waals surface area contributed by atoms with Crippen molar-refractivity contribution in [1.82, 2.24) is 9.88 Å². The Labute approximate surface area is 208 Å². The van der Waals surface area contributed by atoms with Crippen molar-refractivity contribution in [3.63, 3.8) is 0 Å². The second kappa shape index (κ2) is 10.6. The zero-order valence-electron chi connectivity index (χ0n) is 19.4. The van der Waals surface area contributed by atoms with Crippen LogP contribution in [0.2, 0.25) is 5.02 Å². The first-order chi connectivity index (χ1) is 16.9. The number of carbonyl (C=O) groups is 2. The molecule has 1 saturated heterocycles. The van der Waals surface area contributed by atoms with Gasteiger partial charge in [-0.1, -0.05) is 30.7 Å². The number of amides is 1. The number of ether oxygens (including phenoxy) is 2. The Hall–Kier alpha value is -3.84. The fourth-order valence-electron chi connectivity index (χ4n) is 4.03. The van der Waals surface area contributed by atoms with Crippen LogP contribution in [0.1, 0.15) is 36.1 Å². The van der Waals surface area contributed by atoms with Gasteiger partial charge in [-0.25, -0.2) is 0 Å². The number of aromatic nitrogens is 1. The number of ketones is 1. The van der Waals surface area contributed by atoms with Gasteiger partial charge in [0, 0.05) is 29.5 Å². The summed E-state index contributed by atoms with van der Waals surface area (Å²) in [5.41, 5.74) is 1.73. The van der Waals surface area contributed by atoms with Crippen LogP contribution < -0.4 is 9.47 Å². The molecule has 1 fully saturated rings. The van der Waals surface area contributed by atoms with Crippen molar-refractivity contribution in [1.29, 1.82) is 0 Å². The molecule has 0 unspecified atom stereocenters. The molecule has 4 rings (SSSR count). The van der Waals surface area contributed by atoms with Gasteiger partial charge < -0.3 is 19.5 Å². The molecule has 0 spiro atoms. The van der Waals surface area contributed by atoms with E-state index in [-0.39, 0.29) is 17.9 Å². The molecule has 35 heavy (non-hydrogen) atoms. The number of halogens is 1. The smallest absolute Gasteiger partial charge is 0.295 e. The van der Waals surface area contributed by atoms with E-state index in [1.807, 2.05) is 13.0 Å². The Morgan fingerprint density at radius 1 is 1.11 bits per heavy atom. The van der Waals surface area contributed by atoms with Crippen molar-refractivity contribution in [2.24, 2.45) is 0 Å². The normalized spacial score (nSPS) is 17.0. The zero-order valence-corrected chi connectivity index (χ0v) is 20.2. The van der Waals surface area contributed by atoms with Crippen LogP contribution >= 0.6 is 11.6 Å². The highest BCUT2D eigenvalue weighted by Gasteiger charge is 2.46. The minimum Gasteiger partial charge on any atom is -0.507 e. The Bertz CT molecular complexity index is 1260. The molecule has 0 aliphatic carbocycles. The predicted molar refractivity (Wildman–Crippen MR) is 132 cm³/mol. The van der Waals surface area contributed by atoms with Gasteiger partial charge in [0.25, 0.3) is 11.7 Å². The van der Waals surface area contributed by atoms with Crippen LogP contribution in [0.25, 0.3) is 5.76 Å². The number of benzene rings is 2. The van der Waals surface area contributed by atoms with E-state index in [1.54, 1.807) is 60.9 Å². The number of nitrogens with zero attached hydrogens (tertiary/aromatic N) is 2. The third-order valence-corrected chi connectivity index (χ3v) is 5.95. The number of pyridine rings is 1. The third kappa shape index (κ3) is 5.00. The quantitative estimate of drug-likeness (QED) is 0.265. The summed E-state index contributed by atoms with van der Waals surface area (Å²) in [4.78, 5) is 32.0. The standard InChI is InChI=1S/C27H25ClN2O5/c1-3-13-35-21-11-8-19(14-22(21)34-2)24-23(25(31)18-6-9-20(28)10-7-18)26(32)27(33)30(24)16-17-5-4-12-29-15-17/h4-12,14-15,24,31H,3,13,16H2,1-2H3/t24-/m0/s1. The van der Waals surface area contributed by atoms with E-state index in [0.29, 0.717) is 34.3 Å². The largest absolute Gasteiger partial charge is 0.507 e. The molecule has 1 aliphatic rings. The fraction of sp³-hybridized carbons (Fsp3) is 0.222. The van der Waals surface area contributed by atoms with Crippen LogP contribution in [0, 0.1) is 0 Å². The third-order valence-electron chi connectivity index (χ3n) is 5.70. The van der Waals surface area contributed by atoms with Gasteiger partial charge in [-0.2, -0.15) is 0 Å². The minimum atomic E-state index is -0.847. The molecule has 1 N–H and O–H groups in total. The van der Waals surface area contributed by atoms with Gasteiger partial charge in [-0.3, -0.25) is 14.6 Å². The number of Topliss-reactive ketones (excluding diaryl/α,β-unsaturated/α-hetero) is 1. The van der Waals surface area contributed by atoms with Gasteiger partial charge in [0.2, 0.25) is 0 Å². The molecule has 7 nitrogen and oxygen atoms in total. The van der Waals surface area contributed by atoms with Gasteiger partial charge in [0.1, 0.15) is 5.76 Å². The lowest BCUT2D eigenvalue weighted by Gasteiger charge is -2.26. The van der Waals surface area contributed by atoms with E-state index in [9.17, 15) is 14.7 Å². The van der Waals surface area contributed by atoms with Crippen LogP contribution in [0.5, 0.6) is 11.5 Å².